The second-order valence-electron chi connectivity index (χ2n) is 4.42. The highest BCUT2D eigenvalue weighted by Crippen LogP contribution is 2.35. The van der Waals surface area contributed by atoms with Gasteiger partial charge in [-0.05, 0) is 37.3 Å². The van der Waals surface area contributed by atoms with Gasteiger partial charge in [-0.2, -0.15) is 11.8 Å². The summed E-state index contributed by atoms with van der Waals surface area (Å²) in [6.45, 7) is 1.91. The second-order valence-corrected chi connectivity index (χ2v) is 5.52. The SMILES string of the molecule is CC1(c2cc(N)ccc2F)CCSCC(N)=N1. The van der Waals surface area contributed by atoms with Crippen LogP contribution in [-0.2, 0) is 5.54 Å². The van der Waals surface area contributed by atoms with E-state index in [1.165, 1.54) is 6.07 Å². The van der Waals surface area contributed by atoms with Crippen LogP contribution in [0.2, 0.25) is 0 Å². The van der Waals surface area contributed by atoms with E-state index in [0.717, 1.165) is 12.2 Å². The predicted molar refractivity (Wildman–Crippen MR) is 71.7 cm³/mol. The highest BCUT2D eigenvalue weighted by atomic mass is 32.2. The van der Waals surface area contributed by atoms with Crippen LogP contribution in [0, 0.1) is 5.82 Å². The van der Waals surface area contributed by atoms with Crippen molar-refractivity contribution in [3.8, 4) is 0 Å². The van der Waals surface area contributed by atoms with Gasteiger partial charge in [0.15, 0.2) is 0 Å². The number of amidine groups is 1. The number of nitrogens with two attached hydrogens (primary N) is 2. The second kappa shape index (κ2) is 4.56. The number of hydrogen-bond donors (Lipinski definition) is 2. The standard InChI is InChI=1S/C12H16FN3S/c1-12(4-5-17-7-11(15)16-12)9-6-8(14)2-3-10(9)13/h2-3,6H,4-5,7,14H2,1H3,(H2,15,16). The van der Waals surface area contributed by atoms with Crippen LogP contribution in [0.25, 0.3) is 0 Å². The van der Waals surface area contributed by atoms with Crippen LogP contribution in [0.4, 0.5) is 10.1 Å². The van der Waals surface area contributed by atoms with Crippen LogP contribution in [0.15, 0.2) is 23.2 Å². The number of anilines is 1. The Hall–Kier alpha value is -1.23. The van der Waals surface area contributed by atoms with E-state index < -0.39 is 5.54 Å². The Morgan fingerprint density at radius 1 is 1.41 bits per heavy atom. The molecule has 3 nitrogen and oxygen atoms in total. The highest BCUT2D eigenvalue weighted by Gasteiger charge is 2.30. The number of halogens is 1. The van der Waals surface area contributed by atoms with Crippen molar-refractivity contribution in [2.24, 2.45) is 10.7 Å². The molecule has 5 heteroatoms. The third kappa shape index (κ3) is 2.54. The number of nitrogen functional groups attached to an aromatic ring is 1. The Balaban J connectivity index is 2.49. The van der Waals surface area contributed by atoms with Crippen LogP contribution in [-0.4, -0.2) is 17.3 Å². The maximum Gasteiger partial charge on any atom is 0.128 e. The molecule has 0 saturated carbocycles. The number of aliphatic imine (C=N–C) groups is 1. The van der Waals surface area contributed by atoms with Gasteiger partial charge in [0.2, 0.25) is 0 Å². The third-order valence-corrected chi connectivity index (χ3v) is 3.94. The van der Waals surface area contributed by atoms with Crippen LogP contribution in [0.1, 0.15) is 18.9 Å². The summed E-state index contributed by atoms with van der Waals surface area (Å²) in [5, 5.41) is 0. The summed E-state index contributed by atoms with van der Waals surface area (Å²) < 4.78 is 13.9. The van der Waals surface area contributed by atoms with Crippen LogP contribution < -0.4 is 11.5 Å². The van der Waals surface area contributed by atoms with Crippen molar-refractivity contribution in [2.45, 2.75) is 18.9 Å². The van der Waals surface area contributed by atoms with Crippen molar-refractivity contribution in [3.05, 3.63) is 29.6 Å². The molecule has 1 heterocycles. The van der Waals surface area contributed by atoms with Crippen molar-refractivity contribution in [2.75, 3.05) is 17.2 Å². The first-order valence-electron chi connectivity index (χ1n) is 5.49. The minimum absolute atomic E-state index is 0.273. The molecule has 0 radical (unpaired) electrons. The summed E-state index contributed by atoms with van der Waals surface area (Å²) in [6, 6.07) is 4.60. The summed E-state index contributed by atoms with van der Waals surface area (Å²) in [6.07, 6.45) is 0.763. The normalized spacial score (nSPS) is 25.2. The molecule has 0 saturated heterocycles. The van der Waals surface area contributed by atoms with Crippen molar-refractivity contribution >= 4 is 23.3 Å². The number of nitrogens with zero attached hydrogens (tertiary/aromatic N) is 1. The summed E-state index contributed by atoms with van der Waals surface area (Å²) >= 11 is 1.72. The molecule has 1 aromatic rings. The smallest absolute Gasteiger partial charge is 0.128 e. The third-order valence-electron chi connectivity index (χ3n) is 2.94. The van der Waals surface area contributed by atoms with E-state index in [-0.39, 0.29) is 5.82 Å². The van der Waals surface area contributed by atoms with Crippen LogP contribution >= 0.6 is 11.8 Å². The molecule has 0 bridgehead atoms. The average molecular weight is 253 g/mol. The largest absolute Gasteiger partial charge is 0.399 e. The molecule has 0 aromatic heterocycles. The Kier molecular flexibility index (Phi) is 3.28. The maximum absolute atomic E-state index is 13.9. The fourth-order valence-electron chi connectivity index (χ4n) is 2.00. The fourth-order valence-corrected chi connectivity index (χ4v) is 2.96. The van der Waals surface area contributed by atoms with Gasteiger partial charge in [0.05, 0.1) is 11.3 Å². The zero-order chi connectivity index (χ0) is 12.5. The molecule has 1 unspecified atom stereocenters. The van der Waals surface area contributed by atoms with Gasteiger partial charge >= 0.3 is 0 Å². The van der Waals surface area contributed by atoms with Gasteiger partial charge in [0.1, 0.15) is 11.7 Å². The molecule has 1 aromatic carbocycles. The molecule has 1 atom stereocenters. The molecule has 17 heavy (non-hydrogen) atoms. The first-order valence-corrected chi connectivity index (χ1v) is 6.64. The summed E-state index contributed by atoms with van der Waals surface area (Å²) in [7, 11) is 0. The lowest BCUT2D eigenvalue weighted by molar-refractivity contribution is 0.453. The van der Waals surface area contributed by atoms with E-state index in [1.807, 2.05) is 6.92 Å². The average Bonchev–Trinajstić information content (AvgIpc) is 2.44. The van der Waals surface area contributed by atoms with E-state index in [2.05, 4.69) is 4.99 Å². The minimum Gasteiger partial charge on any atom is -0.399 e. The van der Waals surface area contributed by atoms with E-state index in [0.29, 0.717) is 22.8 Å². The lowest BCUT2D eigenvalue weighted by Gasteiger charge is -2.25. The van der Waals surface area contributed by atoms with Gasteiger partial charge in [0.25, 0.3) is 0 Å². The van der Waals surface area contributed by atoms with E-state index in [9.17, 15) is 4.39 Å². The Morgan fingerprint density at radius 2 is 2.18 bits per heavy atom. The number of rotatable bonds is 1. The topological polar surface area (TPSA) is 64.4 Å². The summed E-state index contributed by atoms with van der Waals surface area (Å²) in [5.74, 6) is 1.91. The molecule has 2 rings (SSSR count). The molecule has 1 aliphatic rings. The van der Waals surface area contributed by atoms with Gasteiger partial charge in [-0.3, -0.25) is 4.99 Å². The van der Waals surface area contributed by atoms with Gasteiger partial charge in [-0.1, -0.05) is 0 Å². The van der Waals surface area contributed by atoms with Crippen molar-refractivity contribution in [3.63, 3.8) is 0 Å². The van der Waals surface area contributed by atoms with E-state index >= 15 is 0 Å². The summed E-state index contributed by atoms with van der Waals surface area (Å²) in [5.41, 5.74) is 12.0. The number of hydrogen-bond acceptors (Lipinski definition) is 4. The van der Waals surface area contributed by atoms with E-state index in [4.69, 9.17) is 11.5 Å². The quantitative estimate of drug-likeness (QED) is 0.753. The Labute approximate surface area is 104 Å². The number of benzene rings is 1. The monoisotopic (exact) mass is 253 g/mol. The van der Waals surface area contributed by atoms with Gasteiger partial charge < -0.3 is 11.5 Å². The number of thioether (sulfide) groups is 1. The molecule has 4 N–H and O–H groups in total. The van der Waals surface area contributed by atoms with Crippen LogP contribution in [0.3, 0.4) is 0 Å². The molecule has 0 spiro atoms. The highest BCUT2D eigenvalue weighted by molar-refractivity contribution is 7.99. The van der Waals surface area contributed by atoms with Crippen molar-refractivity contribution < 1.29 is 4.39 Å². The molecule has 0 amide bonds. The zero-order valence-electron chi connectivity index (χ0n) is 9.74. The first kappa shape index (κ1) is 12.2. The molecular formula is C12H16FN3S. The predicted octanol–water partition coefficient (Wildman–Crippen LogP) is 2.12. The zero-order valence-corrected chi connectivity index (χ0v) is 10.6. The fraction of sp³-hybridized carbons (Fsp3) is 0.417. The van der Waals surface area contributed by atoms with Gasteiger partial charge in [-0.15, -0.1) is 0 Å². The molecule has 1 aliphatic heterocycles. The molecule has 0 aliphatic carbocycles. The first-order chi connectivity index (χ1) is 8.01. The Morgan fingerprint density at radius 3 is 2.94 bits per heavy atom. The molecule has 92 valence electrons. The molecule has 0 fully saturated rings. The lowest BCUT2D eigenvalue weighted by atomic mass is 9.89. The van der Waals surface area contributed by atoms with Crippen molar-refractivity contribution in [1.29, 1.82) is 0 Å². The Bertz CT molecular complexity index is 461. The van der Waals surface area contributed by atoms with Gasteiger partial charge in [0, 0.05) is 11.3 Å². The minimum atomic E-state index is -0.604. The molecular weight excluding hydrogens is 237 g/mol. The van der Waals surface area contributed by atoms with Crippen molar-refractivity contribution in [1.82, 2.24) is 0 Å². The summed E-state index contributed by atoms with van der Waals surface area (Å²) in [4.78, 5) is 4.46. The maximum atomic E-state index is 13.9. The van der Waals surface area contributed by atoms with Gasteiger partial charge in [-0.25, -0.2) is 4.39 Å². The van der Waals surface area contributed by atoms with Crippen LogP contribution in [0.5, 0.6) is 0 Å². The van der Waals surface area contributed by atoms with E-state index in [1.54, 1.807) is 23.9 Å². The lowest BCUT2D eigenvalue weighted by Crippen LogP contribution is -2.25.